The number of halogens is 5. The zero-order valence-electron chi connectivity index (χ0n) is 24.4. The first-order valence-corrected chi connectivity index (χ1v) is 13.4. The first kappa shape index (κ1) is 32.9. The highest BCUT2D eigenvalue weighted by molar-refractivity contribution is 5.87. The summed E-state index contributed by atoms with van der Waals surface area (Å²) in [6, 6.07) is 7.66. The molecular formula is C29H35F5N4O4. The van der Waals surface area contributed by atoms with Crippen LogP contribution in [0.25, 0.3) is 11.1 Å². The maximum atomic E-state index is 14.8. The molecule has 0 spiro atoms. The summed E-state index contributed by atoms with van der Waals surface area (Å²) < 4.78 is 79.0. The van der Waals surface area contributed by atoms with Crippen LogP contribution in [-0.4, -0.2) is 44.6 Å². The van der Waals surface area contributed by atoms with Crippen molar-refractivity contribution in [1.29, 1.82) is 0 Å². The number of ether oxygens (including phenoxy) is 1. The molecule has 2 aromatic heterocycles. The number of amides is 1. The Hall–Kier alpha value is -3.61. The number of rotatable bonds is 11. The molecule has 0 atom stereocenters. The molecule has 0 unspecified atom stereocenters. The molecule has 8 nitrogen and oxygen atoms in total. The topological polar surface area (TPSA) is 102 Å². The summed E-state index contributed by atoms with van der Waals surface area (Å²) in [6.45, 7) is 7.16. The molecule has 42 heavy (non-hydrogen) atoms. The Morgan fingerprint density at radius 2 is 1.64 bits per heavy atom. The lowest BCUT2D eigenvalue weighted by atomic mass is 9.95. The van der Waals surface area contributed by atoms with Gasteiger partial charge in [0.1, 0.15) is 11.6 Å². The fraction of sp³-hybridized carbons (Fsp3) is 0.517. The van der Waals surface area contributed by atoms with Crippen LogP contribution in [0.3, 0.4) is 0 Å². The zero-order chi connectivity index (χ0) is 31.5. The Kier molecular flexibility index (Phi) is 9.65. The summed E-state index contributed by atoms with van der Waals surface area (Å²) in [5.74, 6) is -0.658. The minimum Gasteiger partial charge on any atom is -0.433 e. The van der Waals surface area contributed by atoms with E-state index in [1.807, 2.05) is 0 Å². The fourth-order valence-corrected chi connectivity index (χ4v) is 3.81. The second kappa shape index (κ2) is 12.3. The SMILES string of the molecule is CC(C)(O)c1ccc(-c2cc(N(CCCCCc3noc(C(C)(C)F)n3)C(=O)OC(C)(C)C(F)(F)F)ncc2F)cc1. The molecular weight excluding hydrogens is 563 g/mol. The van der Waals surface area contributed by atoms with Crippen molar-refractivity contribution in [2.45, 2.75) is 90.3 Å². The molecule has 0 saturated heterocycles. The number of aryl methyl sites for hydroxylation is 1. The van der Waals surface area contributed by atoms with Crippen molar-refractivity contribution in [2.24, 2.45) is 0 Å². The van der Waals surface area contributed by atoms with Crippen LogP contribution < -0.4 is 4.90 Å². The van der Waals surface area contributed by atoms with E-state index in [0.717, 1.165) is 24.9 Å². The number of carbonyl (C=O) groups excluding carboxylic acids is 1. The summed E-state index contributed by atoms with van der Waals surface area (Å²) in [5.41, 5.74) is -4.65. The number of aromatic nitrogens is 3. The van der Waals surface area contributed by atoms with Crippen LogP contribution in [-0.2, 0) is 22.4 Å². The first-order chi connectivity index (χ1) is 19.3. The smallest absolute Gasteiger partial charge is 0.427 e. The largest absolute Gasteiger partial charge is 0.433 e. The highest BCUT2D eigenvalue weighted by atomic mass is 19.4. The van der Waals surface area contributed by atoms with E-state index in [1.54, 1.807) is 38.1 Å². The van der Waals surface area contributed by atoms with Crippen molar-refractivity contribution in [3.05, 3.63) is 59.6 Å². The standard InChI is InChI=1S/C29H35F5N4O4/c1-26(2,31)24-36-22(37-42-24)10-8-7-9-15-38(25(39)41-28(5,6)29(32,33)34)23-16-20(21(30)17-35-23)18-11-13-19(14-12-18)27(3,4)40/h11-14,16-17,40H,7-10,15H2,1-6H3. The number of aliphatic hydroxyl groups is 1. The van der Waals surface area contributed by atoms with Gasteiger partial charge in [-0.1, -0.05) is 35.8 Å². The predicted molar refractivity (Wildman–Crippen MR) is 145 cm³/mol. The van der Waals surface area contributed by atoms with E-state index in [4.69, 9.17) is 9.26 Å². The second-order valence-corrected chi connectivity index (χ2v) is 11.5. The maximum absolute atomic E-state index is 14.8. The van der Waals surface area contributed by atoms with Gasteiger partial charge in [0.15, 0.2) is 11.5 Å². The van der Waals surface area contributed by atoms with Crippen LogP contribution in [0.1, 0.15) is 78.1 Å². The Bertz CT molecular complexity index is 1360. The van der Waals surface area contributed by atoms with Gasteiger partial charge in [0.2, 0.25) is 5.60 Å². The molecule has 1 amide bonds. The number of hydrogen-bond acceptors (Lipinski definition) is 7. The average molecular weight is 599 g/mol. The van der Waals surface area contributed by atoms with E-state index in [2.05, 4.69) is 15.1 Å². The van der Waals surface area contributed by atoms with Crippen LogP contribution in [0.15, 0.2) is 41.1 Å². The summed E-state index contributed by atoms with van der Waals surface area (Å²) >= 11 is 0. The van der Waals surface area contributed by atoms with Gasteiger partial charge in [0.05, 0.1) is 11.8 Å². The summed E-state index contributed by atoms with van der Waals surface area (Å²) in [7, 11) is 0. The van der Waals surface area contributed by atoms with Gasteiger partial charge in [-0.2, -0.15) is 18.2 Å². The number of alkyl halides is 4. The fourth-order valence-electron chi connectivity index (χ4n) is 3.81. The monoisotopic (exact) mass is 598 g/mol. The number of nitrogens with zero attached hydrogens (tertiary/aromatic N) is 4. The van der Waals surface area contributed by atoms with Gasteiger partial charge in [-0.15, -0.1) is 0 Å². The molecule has 0 radical (unpaired) electrons. The van der Waals surface area contributed by atoms with Gasteiger partial charge in [0.25, 0.3) is 5.89 Å². The van der Waals surface area contributed by atoms with Crippen LogP contribution >= 0.6 is 0 Å². The van der Waals surface area contributed by atoms with Crippen molar-refractivity contribution in [1.82, 2.24) is 15.1 Å². The molecule has 1 N–H and O–H groups in total. The first-order valence-electron chi connectivity index (χ1n) is 13.4. The molecule has 0 aliphatic rings. The molecule has 1 aromatic carbocycles. The third-order valence-corrected chi connectivity index (χ3v) is 6.52. The minimum absolute atomic E-state index is 0.0545. The number of unbranched alkanes of at least 4 members (excludes halogenated alkanes) is 2. The summed E-state index contributed by atoms with van der Waals surface area (Å²) in [5, 5.41) is 13.9. The minimum atomic E-state index is -4.84. The van der Waals surface area contributed by atoms with Crippen molar-refractivity contribution in [2.75, 3.05) is 11.4 Å². The van der Waals surface area contributed by atoms with Crippen molar-refractivity contribution >= 4 is 11.9 Å². The molecule has 0 aliphatic carbocycles. The third-order valence-electron chi connectivity index (χ3n) is 6.52. The van der Waals surface area contributed by atoms with Gasteiger partial charge in [-0.05, 0) is 71.6 Å². The highest BCUT2D eigenvalue weighted by Gasteiger charge is 2.51. The number of pyridine rings is 1. The van der Waals surface area contributed by atoms with Gasteiger partial charge in [0, 0.05) is 18.5 Å². The number of hydrogen-bond donors (Lipinski definition) is 1. The molecule has 0 fully saturated rings. The highest BCUT2D eigenvalue weighted by Crippen LogP contribution is 2.35. The van der Waals surface area contributed by atoms with Gasteiger partial charge in [-0.3, -0.25) is 4.90 Å². The second-order valence-electron chi connectivity index (χ2n) is 11.5. The predicted octanol–water partition coefficient (Wildman–Crippen LogP) is 7.40. The summed E-state index contributed by atoms with van der Waals surface area (Å²) in [6.07, 6.45) is -3.59. The maximum Gasteiger partial charge on any atom is 0.427 e. The molecule has 3 rings (SSSR count). The lowest BCUT2D eigenvalue weighted by Crippen LogP contribution is -2.47. The van der Waals surface area contributed by atoms with E-state index in [9.17, 15) is 31.9 Å². The van der Waals surface area contributed by atoms with E-state index < -0.39 is 35.0 Å². The Morgan fingerprint density at radius 3 is 2.19 bits per heavy atom. The lowest BCUT2D eigenvalue weighted by molar-refractivity contribution is -0.243. The lowest BCUT2D eigenvalue weighted by Gasteiger charge is -2.31. The molecule has 13 heteroatoms. The number of carbonyl (C=O) groups is 1. The van der Waals surface area contributed by atoms with Gasteiger partial charge >= 0.3 is 12.3 Å². The molecule has 3 aromatic rings. The van der Waals surface area contributed by atoms with E-state index in [-0.39, 0.29) is 23.8 Å². The van der Waals surface area contributed by atoms with Crippen LogP contribution in [0, 0.1) is 5.82 Å². The van der Waals surface area contributed by atoms with Crippen LogP contribution in [0.2, 0.25) is 0 Å². The Balaban J connectivity index is 1.81. The van der Waals surface area contributed by atoms with Crippen molar-refractivity contribution in [3.63, 3.8) is 0 Å². The molecule has 0 saturated carbocycles. The third kappa shape index (κ3) is 8.24. The summed E-state index contributed by atoms with van der Waals surface area (Å²) in [4.78, 5) is 22.0. The van der Waals surface area contributed by atoms with Gasteiger partial charge in [-0.25, -0.2) is 18.6 Å². The van der Waals surface area contributed by atoms with Crippen molar-refractivity contribution < 1.29 is 41.1 Å². The van der Waals surface area contributed by atoms with Gasteiger partial charge < -0.3 is 14.4 Å². The quantitative estimate of drug-likeness (QED) is 0.181. The molecule has 0 bridgehead atoms. The zero-order valence-corrected chi connectivity index (χ0v) is 24.4. The molecule has 0 aliphatic heterocycles. The van der Waals surface area contributed by atoms with Crippen molar-refractivity contribution in [3.8, 4) is 11.1 Å². The Labute approximate surface area is 240 Å². The normalized spacial score (nSPS) is 12.9. The van der Waals surface area contributed by atoms with Crippen LogP contribution in [0.4, 0.5) is 32.6 Å². The number of anilines is 1. The van der Waals surface area contributed by atoms with E-state index >= 15 is 0 Å². The molecule has 2 heterocycles. The van der Waals surface area contributed by atoms with Crippen LogP contribution in [0.5, 0.6) is 0 Å². The number of benzene rings is 1. The van der Waals surface area contributed by atoms with E-state index in [0.29, 0.717) is 42.6 Å². The Morgan fingerprint density at radius 1 is 1.00 bits per heavy atom. The average Bonchev–Trinajstić information content (AvgIpc) is 3.35. The van der Waals surface area contributed by atoms with E-state index in [1.165, 1.54) is 19.9 Å². The molecule has 230 valence electrons.